The maximum absolute atomic E-state index is 9.94. The van der Waals surface area contributed by atoms with Crippen LogP contribution in [0.1, 0.15) is 31.2 Å². The van der Waals surface area contributed by atoms with E-state index < -0.39 is 0 Å². The number of fused-ring (bicyclic) bond motifs is 1. The minimum Gasteiger partial charge on any atom is -0.393 e. The predicted molar refractivity (Wildman–Crippen MR) is 74.2 cm³/mol. The number of aryl methyl sites for hydroxylation is 1. The van der Waals surface area contributed by atoms with E-state index in [4.69, 9.17) is 0 Å². The number of rotatable bonds is 3. The van der Waals surface area contributed by atoms with E-state index in [1.807, 2.05) is 25.3 Å². The van der Waals surface area contributed by atoms with E-state index in [0.717, 1.165) is 37.0 Å². The van der Waals surface area contributed by atoms with Crippen molar-refractivity contribution in [1.29, 1.82) is 0 Å². The molecule has 2 heterocycles. The molecule has 19 heavy (non-hydrogen) atoms. The summed E-state index contributed by atoms with van der Waals surface area (Å²) < 4.78 is 1.79. The lowest BCUT2D eigenvalue weighted by Gasteiger charge is -2.27. The molecule has 0 saturated heterocycles. The first kappa shape index (κ1) is 12.4. The van der Waals surface area contributed by atoms with E-state index in [9.17, 15) is 5.11 Å². The molecule has 0 radical (unpaired) electrons. The van der Waals surface area contributed by atoms with Gasteiger partial charge in [0, 0.05) is 18.7 Å². The van der Waals surface area contributed by atoms with Crippen LogP contribution in [-0.4, -0.2) is 32.4 Å². The zero-order chi connectivity index (χ0) is 13.2. The first-order valence-electron chi connectivity index (χ1n) is 6.97. The fourth-order valence-electron chi connectivity index (χ4n) is 2.71. The third-order valence-electron chi connectivity index (χ3n) is 3.87. The lowest BCUT2D eigenvalue weighted by atomic mass is 9.86. The molecule has 1 saturated carbocycles. The lowest BCUT2D eigenvalue weighted by molar-refractivity contribution is 0.0762. The predicted octanol–water partition coefficient (Wildman–Crippen LogP) is 2.00. The van der Waals surface area contributed by atoms with Gasteiger partial charge in [0.2, 0.25) is 5.95 Å². The largest absolute Gasteiger partial charge is 0.393 e. The zero-order valence-electron chi connectivity index (χ0n) is 11.2. The molecule has 2 N–H and O–H groups in total. The van der Waals surface area contributed by atoms with Gasteiger partial charge in [0.1, 0.15) is 0 Å². The SMILES string of the molecule is Cc1ccc2nc(NCC3CCCCC3O)nn2c1. The second-order valence-electron chi connectivity index (χ2n) is 5.44. The molecule has 1 aliphatic rings. The monoisotopic (exact) mass is 260 g/mol. The average molecular weight is 260 g/mol. The first-order chi connectivity index (χ1) is 9.22. The van der Waals surface area contributed by atoms with Crippen molar-refractivity contribution in [3.8, 4) is 0 Å². The molecule has 2 aromatic heterocycles. The van der Waals surface area contributed by atoms with Gasteiger partial charge in [0.15, 0.2) is 5.65 Å². The van der Waals surface area contributed by atoms with E-state index in [0.29, 0.717) is 11.9 Å². The minimum atomic E-state index is -0.180. The van der Waals surface area contributed by atoms with Crippen LogP contribution >= 0.6 is 0 Å². The summed E-state index contributed by atoms with van der Waals surface area (Å²) in [6.45, 7) is 2.78. The van der Waals surface area contributed by atoms with Gasteiger partial charge in [0.25, 0.3) is 0 Å². The van der Waals surface area contributed by atoms with Crippen LogP contribution in [-0.2, 0) is 0 Å². The Morgan fingerprint density at radius 1 is 1.37 bits per heavy atom. The number of pyridine rings is 1. The summed E-state index contributed by atoms with van der Waals surface area (Å²) in [6, 6.07) is 3.99. The van der Waals surface area contributed by atoms with E-state index in [-0.39, 0.29) is 6.10 Å². The molecule has 102 valence electrons. The van der Waals surface area contributed by atoms with Gasteiger partial charge in [-0.15, -0.1) is 5.10 Å². The quantitative estimate of drug-likeness (QED) is 0.886. The summed E-state index contributed by atoms with van der Waals surface area (Å²) in [4.78, 5) is 4.42. The topological polar surface area (TPSA) is 62.5 Å². The van der Waals surface area contributed by atoms with Crippen molar-refractivity contribution in [2.75, 3.05) is 11.9 Å². The van der Waals surface area contributed by atoms with Crippen LogP contribution in [0.5, 0.6) is 0 Å². The van der Waals surface area contributed by atoms with Crippen molar-refractivity contribution in [1.82, 2.24) is 14.6 Å². The number of anilines is 1. The molecule has 0 spiro atoms. The molecule has 0 aliphatic heterocycles. The van der Waals surface area contributed by atoms with Crippen LogP contribution in [0.2, 0.25) is 0 Å². The lowest BCUT2D eigenvalue weighted by Crippen LogP contribution is -2.30. The van der Waals surface area contributed by atoms with Crippen molar-refractivity contribution in [2.45, 2.75) is 38.7 Å². The van der Waals surface area contributed by atoms with Crippen molar-refractivity contribution < 1.29 is 5.11 Å². The molecular formula is C14H20N4O. The smallest absolute Gasteiger partial charge is 0.243 e. The summed E-state index contributed by atoms with van der Waals surface area (Å²) >= 11 is 0. The van der Waals surface area contributed by atoms with Gasteiger partial charge >= 0.3 is 0 Å². The van der Waals surface area contributed by atoms with Crippen LogP contribution in [0.3, 0.4) is 0 Å². The van der Waals surface area contributed by atoms with Gasteiger partial charge in [0.05, 0.1) is 6.10 Å². The summed E-state index contributed by atoms with van der Waals surface area (Å²) in [7, 11) is 0. The molecule has 3 rings (SSSR count). The van der Waals surface area contributed by atoms with Crippen molar-refractivity contribution >= 4 is 11.6 Å². The fraction of sp³-hybridized carbons (Fsp3) is 0.571. The zero-order valence-corrected chi connectivity index (χ0v) is 11.2. The van der Waals surface area contributed by atoms with Crippen molar-refractivity contribution in [3.63, 3.8) is 0 Å². The normalized spacial score (nSPS) is 23.7. The standard InChI is InChI=1S/C14H20N4O/c1-10-6-7-13-16-14(17-18(13)9-10)15-8-11-4-2-3-5-12(11)19/h6-7,9,11-12,19H,2-5,8H2,1H3,(H,15,17). The Hall–Kier alpha value is -1.62. The number of nitrogens with zero attached hydrogens (tertiary/aromatic N) is 3. The molecule has 2 atom stereocenters. The molecule has 2 unspecified atom stereocenters. The molecule has 1 fully saturated rings. The third-order valence-corrected chi connectivity index (χ3v) is 3.87. The highest BCUT2D eigenvalue weighted by Gasteiger charge is 2.22. The molecule has 0 bridgehead atoms. The van der Waals surface area contributed by atoms with Crippen LogP contribution in [0.15, 0.2) is 18.3 Å². The number of nitrogens with one attached hydrogen (secondary N) is 1. The Labute approximate surface area is 112 Å². The summed E-state index contributed by atoms with van der Waals surface area (Å²) in [5, 5.41) is 17.6. The Bertz CT molecular complexity index is 566. The Morgan fingerprint density at radius 3 is 3.05 bits per heavy atom. The van der Waals surface area contributed by atoms with E-state index in [1.54, 1.807) is 4.52 Å². The Kier molecular flexibility index (Phi) is 3.38. The van der Waals surface area contributed by atoms with Gasteiger partial charge in [-0.3, -0.25) is 0 Å². The van der Waals surface area contributed by atoms with Gasteiger partial charge < -0.3 is 10.4 Å². The molecule has 0 amide bonds. The minimum absolute atomic E-state index is 0.180. The molecule has 5 nitrogen and oxygen atoms in total. The summed E-state index contributed by atoms with van der Waals surface area (Å²) in [6.07, 6.45) is 6.14. The maximum Gasteiger partial charge on any atom is 0.243 e. The highest BCUT2D eigenvalue weighted by molar-refractivity contribution is 5.44. The second kappa shape index (κ2) is 5.17. The maximum atomic E-state index is 9.94. The van der Waals surface area contributed by atoms with Gasteiger partial charge in [-0.2, -0.15) is 4.98 Å². The highest BCUT2D eigenvalue weighted by atomic mass is 16.3. The van der Waals surface area contributed by atoms with E-state index in [2.05, 4.69) is 15.4 Å². The first-order valence-corrected chi connectivity index (χ1v) is 6.97. The Balaban J connectivity index is 1.68. The molecular weight excluding hydrogens is 240 g/mol. The third kappa shape index (κ3) is 2.71. The van der Waals surface area contributed by atoms with Crippen LogP contribution in [0.4, 0.5) is 5.95 Å². The van der Waals surface area contributed by atoms with Crippen molar-refractivity contribution in [3.05, 3.63) is 23.9 Å². The van der Waals surface area contributed by atoms with Gasteiger partial charge in [-0.1, -0.05) is 18.9 Å². The van der Waals surface area contributed by atoms with Crippen LogP contribution in [0, 0.1) is 12.8 Å². The number of hydrogen-bond donors (Lipinski definition) is 2. The van der Waals surface area contributed by atoms with Gasteiger partial charge in [-0.25, -0.2) is 4.52 Å². The number of aliphatic hydroxyl groups is 1. The average Bonchev–Trinajstić information content (AvgIpc) is 2.79. The Morgan fingerprint density at radius 2 is 2.21 bits per heavy atom. The van der Waals surface area contributed by atoms with Crippen LogP contribution in [0.25, 0.3) is 5.65 Å². The molecule has 5 heteroatoms. The van der Waals surface area contributed by atoms with Gasteiger partial charge in [-0.05, 0) is 31.4 Å². The number of aliphatic hydroxyl groups excluding tert-OH is 1. The summed E-state index contributed by atoms with van der Waals surface area (Å²) in [5.41, 5.74) is 2.00. The molecule has 1 aliphatic carbocycles. The molecule has 0 aromatic carbocycles. The number of aromatic nitrogens is 3. The van der Waals surface area contributed by atoms with Crippen LogP contribution < -0.4 is 5.32 Å². The van der Waals surface area contributed by atoms with Crippen molar-refractivity contribution in [2.24, 2.45) is 5.92 Å². The fourth-order valence-corrected chi connectivity index (χ4v) is 2.71. The second-order valence-corrected chi connectivity index (χ2v) is 5.44. The van der Waals surface area contributed by atoms with E-state index in [1.165, 1.54) is 6.42 Å². The van der Waals surface area contributed by atoms with E-state index >= 15 is 0 Å². The number of hydrogen-bond acceptors (Lipinski definition) is 4. The summed E-state index contributed by atoms with van der Waals surface area (Å²) in [5.74, 6) is 0.963. The highest BCUT2D eigenvalue weighted by Crippen LogP contribution is 2.24. The molecule has 2 aromatic rings.